The molecule has 3 rings (SSSR count). The lowest BCUT2D eigenvalue weighted by atomic mass is 10.2. The molecule has 0 amide bonds. The Hall–Kier alpha value is -1.22. The Balaban J connectivity index is 1.62. The third-order valence-electron chi connectivity index (χ3n) is 3.75. The monoisotopic (exact) mass is 232 g/mol. The Bertz CT molecular complexity index is 390. The number of benzene rings is 1. The van der Waals surface area contributed by atoms with E-state index in [1.165, 1.54) is 32.4 Å². The van der Waals surface area contributed by atoms with Gasteiger partial charge in [-0.05, 0) is 31.4 Å². The van der Waals surface area contributed by atoms with E-state index in [1.807, 2.05) is 12.1 Å². The van der Waals surface area contributed by atoms with Gasteiger partial charge in [0.25, 0.3) is 0 Å². The molecule has 1 aliphatic carbocycles. The van der Waals surface area contributed by atoms with Gasteiger partial charge in [-0.2, -0.15) is 0 Å². The van der Waals surface area contributed by atoms with Crippen LogP contribution in [0, 0.1) is 0 Å². The molecule has 1 N–H and O–H groups in total. The molecule has 2 aliphatic rings. The van der Waals surface area contributed by atoms with E-state index in [2.05, 4.69) is 22.3 Å². The number of anilines is 1. The van der Waals surface area contributed by atoms with Crippen LogP contribution < -0.4 is 10.1 Å². The summed E-state index contributed by atoms with van der Waals surface area (Å²) >= 11 is 0. The van der Waals surface area contributed by atoms with Gasteiger partial charge in [0.1, 0.15) is 5.75 Å². The van der Waals surface area contributed by atoms with Crippen LogP contribution in [0.4, 0.5) is 5.69 Å². The molecule has 3 nitrogen and oxygen atoms in total. The van der Waals surface area contributed by atoms with Gasteiger partial charge in [0.15, 0.2) is 0 Å². The van der Waals surface area contributed by atoms with E-state index in [1.54, 1.807) is 7.11 Å². The van der Waals surface area contributed by atoms with Crippen LogP contribution in [-0.4, -0.2) is 37.2 Å². The molecule has 1 atom stereocenters. The molecule has 92 valence electrons. The molecular weight excluding hydrogens is 212 g/mol. The molecule has 1 unspecified atom stereocenters. The van der Waals surface area contributed by atoms with Gasteiger partial charge >= 0.3 is 0 Å². The summed E-state index contributed by atoms with van der Waals surface area (Å²) in [4.78, 5) is 2.62. The van der Waals surface area contributed by atoms with Crippen molar-refractivity contribution in [3.05, 3.63) is 24.3 Å². The van der Waals surface area contributed by atoms with Crippen molar-refractivity contribution in [3.63, 3.8) is 0 Å². The zero-order valence-corrected chi connectivity index (χ0v) is 10.4. The molecular formula is C14H20N2O. The van der Waals surface area contributed by atoms with E-state index in [0.29, 0.717) is 6.04 Å². The lowest BCUT2D eigenvalue weighted by Gasteiger charge is -2.18. The summed E-state index contributed by atoms with van der Waals surface area (Å²) in [5.74, 6) is 0.942. The summed E-state index contributed by atoms with van der Waals surface area (Å²) in [6.07, 6.45) is 4.05. The predicted octanol–water partition coefficient (Wildman–Crippen LogP) is 2.34. The van der Waals surface area contributed by atoms with Crippen molar-refractivity contribution < 1.29 is 4.74 Å². The number of rotatable bonds is 4. The number of para-hydroxylation sites is 2. The first kappa shape index (κ1) is 10.9. The van der Waals surface area contributed by atoms with Crippen LogP contribution in [0.1, 0.15) is 19.3 Å². The van der Waals surface area contributed by atoms with Gasteiger partial charge in [0, 0.05) is 25.2 Å². The highest BCUT2D eigenvalue weighted by Crippen LogP contribution is 2.31. The Morgan fingerprint density at radius 3 is 2.82 bits per heavy atom. The Labute approximate surface area is 103 Å². The van der Waals surface area contributed by atoms with Gasteiger partial charge in [-0.1, -0.05) is 12.1 Å². The summed E-state index contributed by atoms with van der Waals surface area (Å²) in [5, 5.41) is 3.61. The highest BCUT2D eigenvalue weighted by molar-refractivity contribution is 5.56. The van der Waals surface area contributed by atoms with Crippen molar-refractivity contribution in [2.45, 2.75) is 31.3 Å². The first-order valence-electron chi connectivity index (χ1n) is 6.50. The average molecular weight is 232 g/mol. The molecule has 1 saturated carbocycles. The Morgan fingerprint density at radius 2 is 2.06 bits per heavy atom. The smallest absolute Gasteiger partial charge is 0.141 e. The fourth-order valence-corrected chi connectivity index (χ4v) is 2.66. The minimum Gasteiger partial charge on any atom is -0.495 e. The van der Waals surface area contributed by atoms with E-state index < -0.39 is 0 Å². The van der Waals surface area contributed by atoms with Crippen LogP contribution in [0.5, 0.6) is 5.75 Å². The molecule has 0 radical (unpaired) electrons. The number of nitrogens with one attached hydrogen (secondary N) is 1. The second-order valence-electron chi connectivity index (χ2n) is 5.06. The van der Waals surface area contributed by atoms with Crippen LogP contribution in [0.2, 0.25) is 0 Å². The van der Waals surface area contributed by atoms with Crippen molar-refractivity contribution in [1.82, 2.24) is 4.90 Å². The minimum atomic E-state index is 0.576. The average Bonchev–Trinajstić information content (AvgIpc) is 3.11. The van der Waals surface area contributed by atoms with Gasteiger partial charge in [-0.15, -0.1) is 0 Å². The van der Waals surface area contributed by atoms with E-state index >= 15 is 0 Å². The quantitative estimate of drug-likeness (QED) is 0.862. The zero-order valence-electron chi connectivity index (χ0n) is 10.4. The van der Waals surface area contributed by atoms with Crippen molar-refractivity contribution in [3.8, 4) is 5.75 Å². The zero-order chi connectivity index (χ0) is 11.7. The van der Waals surface area contributed by atoms with Gasteiger partial charge in [-0.25, -0.2) is 0 Å². The highest BCUT2D eigenvalue weighted by Gasteiger charge is 2.34. The minimum absolute atomic E-state index is 0.576. The largest absolute Gasteiger partial charge is 0.495 e. The molecule has 1 aliphatic heterocycles. The van der Waals surface area contributed by atoms with Crippen molar-refractivity contribution >= 4 is 5.69 Å². The topological polar surface area (TPSA) is 24.5 Å². The molecule has 1 aromatic carbocycles. The van der Waals surface area contributed by atoms with Crippen molar-refractivity contribution in [1.29, 1.82) is 0 Å². The van der Waals surface area contributed by atoms with Gasteiger partial charge in [-0.3, -0.25) is 4.90 Å². The van der Waals surface area contributed by atoms with E-state index in [4.69, 9.17) is 4.74 Å². The summed E-state index contributed by atoms with van der Waals surface area (Å²) < 4.78 is 5.37. The Kier molecular flexibility index (Phi) is 2.93. The number of hydrogen-bond donors (Lipinski definition) is 1. The maximum absolute atomic E-state index is 5.37. The number of methoxy groups -OCH3 is 1. The van der Waals surface area contributed by atoms with Crippen LogP contribution in [0.25, 0.3) is 0 Å². The maximum Gasteiger partial charge on any atom is 0.141 e. The second kappa shape index (κ2) is 4.57. The fourth-order valence-electron chi connectivity index (χ4n) is 2.66. The van der Waals surface area contributed by atoms with E-state index in [-0.39, 0.29) is 0 Å². The predicted molar refractivity (Wildman–Crippen MR) is 69.6 cm³/mol. The number of likely N-dealkylation sites (tertiary alicyclic amines) is 1. The molecule has 1 saturated heterocycles. The molecule has 0 bridgehead atoms. The number of ether oxygens (including phenoxy) is 1. The SMILES string of the molecule is COc1ccccc1NC1CCN(C2CC2)C1. The van der Waals surface area contributed by atoms with Crippen LogP contribution >= 0.6 is 0 Å². The van der Waals surface area contributed by atoms with Gasteiger partial charge in [0.05, 0.1) is 12.8 Å². The normalized spacial score (nSPS) is 24.9. The second-order valence-corrected chi connectivity index (χ2v) is 5.06. The first-order valence-corrected chi connectivity index (χ1v) is 6.50. The van der Waals surface area contributed by atoms with Crippen molar-refractivity contribution in [2.75, 3.05) is 25.5 Å². The summed E-state index contributed by atoms with van der Waals surface area (Å²) in [5.41, 5.74) is 1.12. The lowest BCUT2D eigenvalue weighted by Crippen LogP contribution is -2.27. The molecule has 1 aromatic rings. The van der Waals surface area contributed by atoms with E-state index in [9.17, 15) is 0 Å². The summed E-state index contributed by atoms with van der Waals surface area (Å²) in [7, 11) is 1.73. The van der Waals surface area contributed by atoms with Crippen LogP contribution in [0.3, 0.4) is 0 Å². The highest BCUT2D eigenvalue weighted by atomic mass is 16.5. The summed E-state index contributed by atoms with van der Waals surface area (Å²) in [6, 6.07) is 9.63. The molecule has 0 spiro atoms. The Morgan fingerprint density at radius 1 is 1.24 bits per heavy atom. The molecule has 3 heteroatoms. The van der Waals surface area contributed by atoms with Crippen LogP contribution in [-0.2, 0) is 0 Å². The number of nitrogens with zero attached hydrogens (tertiary/aromatic N) is 1. The van der Waals surface area contributed by atoms with Crippen LogP contribution in [0.15, 0.2) is 24.3 Å². The van der Waals surface area contributed by atoms with Gasteiger partial charge < -0.3 is 10.1 Å². The molecule has 1 heterocycles. The maximum atomic E-state index is 5.37. The van der Waals surface area contributed by atoms with Gasteiger partial charge in [0.2, 0.25) is 0 Å². The molecule has 0 aromatic heterocycles. The first-order chi connectivity index (χ1) is 8.36. The molecule has 17 heavy (non-hydrogen) atoms. The van der Waals surface area contributed by atoms with Crippen molar-refractivity contribution in [2.24, 2.45) is 0 Å². The third-order valence-corrected chi connectivity index (χ3v) is 3.75. The summed E-state index contributed by atoms with van der Waals surface area (Å²) in [6.45, 7) is 2.43. The lowest BCUT2D eigenvalue weighted by molar-refractivity contribution is 0.326. The number of hydrogen-bond acceptors (Lipinski definition) is 3. The third kappa shape index (κ3) is 2.39. The fraction of sp³-hybridized carbons (Fsp3) is 0.571. The van der Waals surface area contributed by atoms with E-state index in [0.717, 1.165) is 17.5 Å². The standard InChI is InChI=1S/C14H20N2O/c1-17-14-5-3-2-4-13(14)15-11-8-9-16(10-11)12-6-7-12/h2-5,11-12,15H,6-10H2,1H3. The molecule has 2 fully saturated rings.